The Hall–Kier alpha value is -2.15. The molecule has 0 aromatic carbocycles. The summed E-state index contributed by atoms with van der Waals surface area (Å²) in [6.07, 6.45) is 7.85. The minimum Gasteiger partial charge on any atom is -0.476 e. The molecule has 1 fully saturated rings. The van der Waals surface area contributed by atoms with Crippen LogP contribution in [0.1, 0.15) is 48.0 Å². The molecule has 2 aromatic rings. The molecule has 2 heterocycles. The van der Waals surface area contributed by atoms with Gasteiger partial charge in [0.1, 0.15) is 16.4 Å². The summed E-state index contributed by atoms with van der Waals surface area (Å²) in [6, 6.07) is 3.81. The number of rotatable bonds is 6. The molecule has 0 radical (unpaired) electrons. The highest BCUT2D eigenvalue weighted by Gasteiger charge is 2.22. The van der Waals surface area contributed by atoms with Gasteiger partial charge in [-0.3, -0.25) is 4.79 Å². The Balaban J connectivity index is 1.75. The topological polar surface area (TPSA) is 90.1 Å². The summed E-state index contributed by atoms with van der Waals surface area (Å²) in [6.45, 7) is 2.53. The highest BCUT2D eigenvalue weighted by molar-refractivity contribution is 7.11. The third-order valence-corrected chi connectivity index (χ3v) is 5.07. The lowest BCUT2D eigenvalue weighted by Crippen LogP contribution is -2.18. The van der Waals surface area contributed by atoms with Crippen molar-refractivity contribution in [3.05, 3.63) is 29.5 Å². The van der Waals surface area contributed by atoms with Crippen LogP contribution in [0.2, 0.25) is 0 Å². The normalized spacial score (nSPS) is 15.2. The van der Waals surface area contributed by atoms with Gasteiger partial charge >= 0.3 is 0 Å². The predicted octanol–water partition coefficient (Wildman–Crippen LogP) is 3.65. The van der Waals surface area contributed by atoms with Gasteiger partial charge in [0.2, 0.25) is 5.88 Å². The molecule has 7 heteroatoms. The van der Waals surface area contributed by atoms with Crippen molar-refractivity contribution in [3.8, 4) is 5.88 Å². The first kappa shape index (κ1) is 16.7. The fraction of sp³-hybridized carbons (Fsp3) is 0.471. The van der Waals surface area contributed by atoms with Crippen molar-refractivity contribution in [3.63, 3.8) is 0 Å². The molecule has 0 aliphatic heterocycles. The van der Waals surface area contributed by atoms with Gasteiger partial charge in [-0.15, -0.1) is 0 Å². The van der Waals surface area contributed by atoms with Crippen LogP contribution in [-0.2, 0) is 0 Å². The number of aromatic nitrogens is 2. The lowest BCUT2D eigenvalue weighted by molar-refractivity contribution is 0.0995. The zero-order valence-electron chi connectivity index (χ0n) is 13.7. The van der Waals surface area contributed by atoms with Gasteiger partial charge in [-0.05, 0) is 48.8 Å². The Kier molecular flexibility index (Phi) is 5.30. The third-order valence-electron chi connectivity index (χ3n) is 4.33. The van der Waals surface area contributed by atoms with E-state index in [9.17, 15) is 4.79 Å². The number of pyridine rings is 1. The molecule has 2 aromatic heterocycles. The fourth-order valence-electron chi connectivity index (χ4n) is 2.95. The van der Waals surface area contributed by atoms with Crippen LogP contribution in [0.4, 0.5) is 10.8 Å². The molecule has 128 valence electrons. The number of hydrogen-bond donors (Lipinski definition) is 2. The number of nitrogens with zero attached hydrogens (tertiary/aromatic N) is 2. The van der Waals surface area contributed by atoms with Gasteiger partial charge in [-0.1, -0.05) is 25.3 Å². The van der Waals surface area contributed by atoms with Crippen LogP contribution in [-0.4, -0.2) is 21.9 Å². The number of ether oxygens (including phenoxy) is 1. The van der Waals surface area contributed by atoms with Crippen LogP contribution in [0.3, 0.4) is 0 Å². The van der Waals surface area contributed by atoms with Crippen LogP contribution >= 0.6 is 11.5 Å². The molecule has 1 aliphatic rings. The van der Waals surface area contributed by atoms with Gasteiger partial charge in [0.15, 0.2) is 0 Å². The summed E-state index contributed by atoms with van der Waals surface area (Å²) >= 11 is 1.17. The largest absolute Gasteiger partial charge is 0.476 e. The quantitative estimate of drug-likeness (QED) is 0.833. The minimum absolute atomic E-state index is 0.306. The second-order valence-corrected chi connectivity index (χ2v) is 6.94. The third kappa shape index (κ3) is 3.84. The maximum atomic E-state index is 11.9. The van der Waals surface area contributed by atoms with Gasteiger partial charge in [0.25, 0.3) is 5.91 Å². The standard InChI is InChI=1S/C17H22N4O2S/c1-11-6-5-9-19-15(11)20-17-13(14(18)22)16(21-24-17)23-10-12-7-3-2-4-8-12/h5-6,9,12H,2-4,7-8,10H2,1H3,(H2,18,22)(H,19,20). The molecular weight excluding hydrogens is 324 g/mol. The van der Waals surface area contributed by atoms with Gasteiger partial charge in [0, 0.05) is 6.20 Å². The number of carbonyl (C=O) groups is 1. The van der Waals surface area contributed by atoms with E-state index in [2.05, 4.69) is 14.7 Å². The SMILES string of the molecule is Cc1cccnc1Nc1snc(OCC2CCCCC2)c1C(N)=O. The van der Waals surface area contributed by atoms with Crippen molar-refractivity contribution in [1.29, 1.82) is 0 Å². The number of nitrogens with one attached hydrogen (secondary N) is 1. The number of amides is 1. The van der Waals surface area contributed by atoms with Gasteiger partial charge in [-0.2, -0.15) is 4.37 Å². The number of primary amides is 1. The molecular formula is C17H22N4O2S. The van der Waals surface area contributed by atoms with Crippen molar-refractivity contribution in [2.24, 2.45) is 11.7 Å². The lowest BCUT2D eigenvalue weighted by atomic mass is 9.90. The smallest absolute Gasteiger partial charge is 0.257 e. The summed E-state index contributed by atoms with van der Waals surface area (Å²) in [5, 5.41) is 3.72. The zero-order valence-corrected chi connectivity index (χ0v) is 14.6. The van der Waals surface area contributed by atoms with E-state index in [0.717, 1.165) is 5.56 Å². The number of carbonyl (C=O) groups excluding carboxylic acids is 1. The Labute approximate surface area is 145 Å². The molecule has 0 unspecified atom stereocenters. The monoisotopic (exact) mass is 346 g/mol. The second kappa shape index (κ2) is 7.61. The van der Waals surface area contributed by atoms with Crippen molar-refractivity contribution in [1.82, 2.24) is 9.36 Å². The van der Waals surface area contributed by atoms with Crippen LogP contribution in [0, 0.1) is 12.8 Å². The first-order valence-corrected chi connectivity index (χ1v) is 9.03. The lowest BCUT2D eigenvalue weighted by Gasteiger charge is -2.21. The van der Waals surface area contributed by atoms with E-state index in [1.165, 1.54) is 43.6 Å². The molecule has 6 nitrogen and oxygen atoms in total. The summed E-state index contributed by atoms with van der Waals surface area (Å²) in [7, 11) is 0. The molecule has 0 bridgehead atoms. The average molecular weight is 346 g/mol. The van der Waals surface area contributed by atoms with Crippen molar-refractivity contribution in [2.45, 2.75) is 39.0 Å². The Morgan fingerprint density at radius 1 is 1.42 bits per heavy atom. The molecule has 1 saturated carbocycles. The maximum absolute atomic E-state index is 11.9. The van der Waals surface area contributed by atoms with Crippen molar-refractivity contribution >= 4 is 28.3 Å². The highest BCUT2D eigenvalue weighted by Crippen LogP contribution is 2.33. The van der Waals surface area contributed by atoms with Crippen LogP contribution in [0.5, 0.6) is 5.88 Å². The average Bonchev–Trinajstić information content (AvgIpc) is 2.99. The summed E-state index contributed by atoms with van der Waals surface area (Å²) in [5.41, 5.74) is 6.83. The van der Waals surface area contributed by atoms with E-state index in [1.807, 2.05) is 19.1 Å². The van der Waals surface area contributed by atoms with Gasteiger partial charge in [0.05, 0.1) is 6.61 Å². The summed E-state index contributed by atoms with van der Waals surface area (Å²) in [5.74, 6) is 1.01. The van der Waals surface area contributed by atoms with E-state index < -0.39 is 5.91 Å². The predicted molar refractivity (Wildman–Crippen MR) is 95.0 cm³/mol. The second-order valence-electron chi connectivity index (χ2n) is 6.17. The number of aryl methyl sites for hydroxylation is 1. The zero-order chi connectivity index (χ0) is 16.9. The minimum atomic E-state index is -0.543. The van der Waals surface area contributed by atoms with Gasteiger partial charge < -0.3 is 15.8 Å². The molecule has 0 atom stereocenters. The first-order valence-electron chi connectivity index (χ1n) is 8.26. The fourth-order valence-corrected chi connectivity index (χ4v) is 3.69. The highest BCUT2D eigenvalue weighted by atomic mass is 32.1. The van der Waals surface area contributed by atoms with E-state index in [0.29, 0.717) is 34.8 Å². The van der Waals surface area contributed by atoms with E-state index in [1.54, 1.807) is 6.20 Å². The summed E-state index contributed by atoms with van der Waals surface area (Å²) < 4.78 is 10.1. The van der Waals surface area contributed by atoms with E-state index >= 15 is 0 Å². The number of anilines is 2. The Bertz CT molecular complexity index is 710. The molecule has 0 saturated heterocycles. The molecule has 3 rings (SSSR count). The van der Waals surface area contributed by atoms with Crippen molar-refractivity contribution < 1.29 is 9.53 Å². The maximum Gasteiger partial charge on any atom is 0.257 e. The number of nitrogens with two attached hydrogens (primary N) is 1. The molecule has 24 heavy (non-hydrogen) atoms. The molecule has 1 aliphatic carbocycles. The summed E-state index contributed by atoms with van der Waals surface area (Å²) in [4.78, 5) is 16.2. The molecule has 0 spiro atoms. The van der Waals surface area contributed by atoms with Gasteiger partial charge in [-0.25, -0.2) is 4.98 Å². The Morgan fingerprint density at radius 2 is 2.21 bits per heavy atom. The van der Waals surface area contributed by atoms with Crippen LogP contribution in [0.25, 0.3) is 0 Å². The molecule has 1 amide bonds. The van der Waals surface area contributed by atoms with Crippen molar-refractivity contribution in [2.75, 3.05) is 11.9 Å². The first-order chi connectivity index (χ1) is 11.6. The molecule has 3 N–H and O–H groups in total. The number of hydrogen-bond acceptors (Lipinski definition) is 6. The Morgan fingerprint density at radius 3 is 2.92 bits per heavy atom. The van der Waals surface area contributed by atoms with Crippen LogP contribution < -0.4 is 15.8 Å². The van der Waals surface area contributed by atoms with E-state index in [-0.39, 0.29) is 0 Å². The van der Waals surface area contributed by atoms with Crippen LogP contribution in [0.15, 0.2) is 18.3 Å². The van der Waals surface area contributed by atoms with E-state index in [4.69, 9.17) is 10.5 Å².